The smallest absolute Gasteiger partial charge is 0.315 e. The molecule has 246 valence electrons. The third-order valence-corrected chi connectivity index (χ3v) is 10.4. The average molecular weight is 638 g/mol. The molecule has 1 spiro atoms. The van der Waals surface area contributed by atoms with Crippen molar-refractivity contribution in [3.63, 3.8) is 0 Å². The first kappa shape index (κ1) is 31.1. The molecule has 3 fully saturated rings. The van der Waals surface area contributed by atoms with Crippen LogP contribution >= 0.6 is 0 Å². The van der Waals surface area contributed by atoms with Crippen LogP contribution in [-0.4, -0.2) is 67.8 Å². The van der Waals surface area contributed by atoms with Gasteiger partial charge in [-0.25, -0.2) is 18.0 Å². The number of phenolic OH excluding ortho intramolecular Hbond substituents is 1. The van der Waals surface area contributed by atoms with Crippen LogP contribution < -0.4 is 21.3 Å². The summed E-state index contributed by atoms with van der Waals surface area (Å²) in [5.74, 6) is -2.28. The van der Waals surface area contributed by atoms with Gasteiger partial charge in [0.05, 0.1) is 23.8 Å². The Morgan fingerprint density at radius 3 is 2.63 bits per heavy atom. The minimum Gasteiger partial charge on any atom is -0.508 e. The summed E-state index contributed by atoms with van der Waals surface area (Å²) < 4.78 is 54.8. The number of phenols is 1. The SMILES string of the molecule is CCc1c(F)ccc2cc(O)cc(C3=C(F)C4NC(OCC5(CN(C)C)CC5)NC(C5CCCC6(CNC(=O)N6)C5)=C4C=C3F)c12. The maximum atomic E-state index is 17.0. The molecular formula is C35H42F3N5O3. The number of amides is 2. The molecule has 8 nitrogen and oxygen atoms in total. The highest BCUT2D eigenvalue weighted by atomic mass is 19.1. The van der Waals surface area contributed by atoms with Crippen LogP contribution in [0.3, 0.4) is 0 Å². The number of aromatic hydroxyl groups is 1. The third-order valence-electron chi connectivity index (χ3n) is 10.4. The Kier molecular flexibility index (Phi) is 7.84. The van der Waals surface area contributed by atoms with E-state index in [0.29, 0.717) is 53.6 Å². The first-order valence-corrected chi connectivity index (χ1v) is 16.3. The highest BCUT2D eigenvalue weighted by molar-refractivity contribution is 6.01. The fraction of sp³-hybridized carbons (Fsp3) is 0.514. The van der Waals surface area contributed by atoms with Crippen LogP contribution in [0.4, 0.5) is 18.0 Å². The minimum absolute atomic E-state index is 0.0327. The van der Waals surface area contributed by atoms with E-state index in [1.54, 1.807) is 6.92 Å². The van der Waals surface area contributed by atoms with Gasteiger partial charge in [0.2, 0.25) is 0 Å². The van der Waals surface area contributed by atoms with Crippen LogP contribution in [0.2, 0.25) is 0 Å². The number of hydrogen-bond donors (Lipinski definition) is 5. The first-order valence-electron chi connectivity index (χ1n) is 16.3. The number of aryl methyl sites for hydroxylation is 1. The van der Waals surface area contributed by atoms with E-state index in [1.807, 2.05) is 14.1 Å². The van der Waals surface area contributed by atoms with E-state index in [-0.39, 0.29) is 34.3 Å². The Morgan fingerprint density at radius 1 is 1.13 bits per heavy atom. The van der Waals surface area contributed by atoms with Gasteiger partial charge in [-0.1, -0.05) is 19.4 Å². The molecule has 2 amide bonds. The summed E-state index contributed by atoms with van der Waals surface area (Å²) in [6, 6.07) is 4.39. The molecule has 1 saturated heterocycles. The topological polar surface area (TPSA) is 97.9 Å². The van der Waals surface area contributed by atoms with Gasteiger partial charge in [0.25, 0.3) is 0 Å². The van der Waals surface area contributed by atoms with Crippen LogP contribution in [0.25, 0.3) is 16.3 Å². The van der Waals surface area contributed by atoms with Crippen molar-refractivity contribution in [3.8, 4) is 5.75 Å². The number of nitrogens with zero attached hydrogens (tertiary/aromatic N) is 1. The summed E-state index contributed by atoms with van der Waals surface area (Å²) in [7, 11) is 4.07. The standard InChI is InChI=1S/C35H42F3N5O3/c1-4-22-25(36)8-7-19-12-21(44)13-23(27(19)22)28-26(37)14-24-30(20-6-5-9-35(15-20)16-39-32(45)42-35)40-33(41-31(24)29(28)38)46-18-34(10-11-34)17-43(2)3/h7-8,12-14,20,31,33,40-41,44H,4-6,9-11,15-18H2,1-3H3,(H2,39,42,45). The molecule has 0 radical (unpaired) electrons. The van der Waals surface area contributed by atoms with Gasteiger partial charge in [0.15, 0.2) is 6.35 Å². The van der Waals surface area contributed by atoms with Crippen LogP contribution in [0.1, 0.15) is 56.6 Å². The number of carbonyl (C=O) groups excluding carboxylic acids is 1. The number of rotatable bonds is 8. The molecule has 4 atom stereocenters. The second-order valence-corrected chi connectivity index (χ2v) is 14.1. The van der Waals surface area contributed by atoms with Gasteiger partial charge in [-0.2, -0.15) is 0 Å². The molecule has 2 saturated carbocycles. The van der Waals surface area contributed by atoms with Crippen molar-refractivity contribution in [1.82, 2.24) is 26.2 Å². The van der Waals surface area contributed by atoms with Crippen molar-refractivity contribution in [2.24, 2.45) is 11.3 Å². The number of carbonyl (C=O) groups is 1. The van der Waals surface area contributed by atoms with Crippen LogP contribution in [0, 0.1) is 17.2 Å². The summed E-state index contributed by atoms with van der Waals surface area (Å²) in [4.78, 5) is 14.3. The maximum absolute atomic E-state index is 17.0. The lowest BCUT2D eigenvalue weighted by atomic mass is 9.73. The van der Waals surface area contributed by atoms with E-state index in [9.17, 15) is 14.3 Å². The lowest BCUT2D eigenvalue weighted by molar-refractivity contribution is -0.0273. The Labute approximate surface area is 267 Å². The normalized spacial score (nSPS) is 28.7. The summed E-state index contributed by atoms with van der Waals surface area (Å²) in [5.41, 5.74) is 0.891. The molecule has 2 heterocycles. The molecule has 0 aromatic heterocycles. The van der Waals surface area contributed by atoms with E-state index in [4.69, 9.17) is 4.74 Å². The van der Waals surface area contributed by atoms with Gasteiger partial charge >= 0.3 is 6.03 Å². The molecule has 7 rings (SSSR count). The number of urea groups is 1. The van der Waals surface area contributed by atoms with Crippen molar-refractivity contribution >= 4 is 22.4 Å². The Hall–Kier alpha value is -3.54. The quantitative estimate of drug-likeness (QED) is 0.263. The Morgan fingerprint density at radius 2 is 1.93 bits per heavy atom. The summed E-state index contributed by atoms with van der Waals surface area (Å²) in [6.07, 6.45) is 6.07. The minimum atomic E-state index is -1.04. The second kappa shape index (κ2) is 11.6. The molecule has 3 aliphatic carbocycles. The second-order valence-electron chi connectivity index (χ2n) is 14.1. The molecule has 5 N–H and O–H groups in total. The Bertz CT molecular complexity index is 1680. The van der Waals surface area contributed by atoms with Gasteiger partial charge in [-0.3, -0.25) is 5.32 Å². The summed E-state index contributed by atoms with van der Waals surface area (Å²) in [5, 5.41) is 24.2. The highest BCUT2D eigenvalue weighted by Gasteiger charge is 2.47. The van der Waals surface area contributed by atoms with Gasteiger partial charge in [0.1, 0.15) is 23.2 Å². The Balaban J connectivity index is 1.31. The van der Waals surface area contributed by atoms with E-state index >= 15 is 8.78 Å². The predicted octanol–water partition coefficient (Wildman–Crippen LogP) is 5.49. The number of allylic oxidation sites excluding steroid dienone is 3. The average Bonchev–Trinajstić information content (AvgIpc) is 3.68. The monoisotopic (exact) mass is 637 g/mol. The zero-order valence-electron chi connectivity index (χ0n) is 26.5. The molecule has 4 unspecified atom stereocenters. The lowest BCUT2D eigenvalue weighted by Crippen LogP contribution is -2.57. The van der Waals surface area contributed by atoms with Gasteiger partial charge in [0, 0.05) is 30.1 Å². The van der Waals surface area contributed by atoms with Crippen molar-refractivity contribution in [1.29, 1.82) is 0 Å². The summed E-state index contributed by atoms with van der Waals surface area (Å²) in [6.45, 7) is 3.64. The molecule has 11 heteroatoms. The number of hydrogen-bond acceptors (Lipinski definition) is 6. The molecular weight excluding hydrogens is 595 g/mol. The van der Waals surface area contributed by atoms with Crippen LogP contribution in [0.15, 0.2) is 53.3 Å². The number of fused-ring (bicyclic) bond motifs is 2. The largest absolute Gasteiger partial charge is 0.508 e. The molecule has 5 aliphatic rings. The van der Waals surface area contributed by atoms with E-state index in [2.05, 4.69) is 26.2 Å². The van der Waals surface area contributed by atoms with E-state index in [0.717, 1.165) is 38.6 Å². The number of nitrogens with one attached hydrogen (secondary N) is 4. The fourth-order valence-corrected chi connectivity index (χ4v) is 8.16. The van der Waals surface area contributed by atoms with Gasteiger partial charge < -0.3 is 30.7 Å². The van der Waals surface area contributed by atoms with E-state index in [1.165, 1.54) is 30.3 Å². The first-order chi connectivity index (χ1) is 22.0. The third kappa shape index (κ3) is 5.56. The van der Waals surface area contributed by atoms with Crippen molar-refractivity contribution in [3.05, 3.63) is 70.2 Å². The van der Waals surface area contributed by atoms with E-state index < -0.39 is 35.4 Å². The molecule has 46 heavy (non-hydrogen) atoms. The molecule has 2 aliphatic heterocycles. The van der Waals surface area contributed by atoms with Gasteiger partial charge in [-0.05, 0) is 104 Å². The summed E-state index contributed by atoms with van der Waals surface area (Å²) >= 11 is 0. The number of ether oxygens (including phenoxy) is 1. The zero-order chi connectivity index (χ0) is 32.4. The molecule has 0 bridgehead atoms. The molecule has 2 aromatic carbocycles. The number of benzene rings is 2. The van der Waals surface area contributed by atoms with Crippen molar-refractivity contribution in [2.45, 2.75) is 69.8 Å². The highest BCUT2D eigenvalue weighted by Crippen LogP contribution is 2.48. The maximum Gasteiger partial charge on any atom is 0.315 e. The molecule has 2 aromatic rings. The fourth-order valence-electron chi connectivity index (χ4n) is 8.16. The van der Waals surface area contributed by atoms with Crippen molar-refractivity contribution < 1.29 is 27.8 Å². The van der Waals surface area contributed by atoms with Crippen molar-refractivity contribution in [2.75, 3.05) is 33.8 Å². The van der Waals surface area contributed by atoms with Crippen LogP contribution in [-0.2, 0) is 11.2 Å². The predicted molar refractivity (Wildman–Crippen MR) is 170 cm³/mol. The number of halogens is 3. The van der Waals surface area contributed by atoms with Crippen LogP contribution in [0.5, 0.6) is 5.75 Å². The van der Waals surface area contributed by atoms with Gasteiger partial charge in [-0.15, -0.1) is 0 Å². The zero-order valence-corrected chi connectivity index (χ0v) is 26.5. The lowest BCUT2D eigenvalue weighted by Gasteiger charge is -2.44.